The molecule has 0 atom stereocenters. The molecule has 0 bridgehead atoms. The second kappa shape index (κ2) is 11.6. The number of rotatable bonds is 6. The lowest BCUT2D eigenvalue weighted by Gasteiger charge is -2.33. The van der Waals surface area contributed by atoms with Crippen LogP contribution in [0.5, 0.6) is 5.75 Å². The van der Waals surface area contributed by atoms with Crippen molar-refractivity contribution in [1.82, 2.24) is 10.6 Å². The van der Waals surface area contributed by atoms with Gasteiger partial charge in [-0.1, -0.05) is 23.7 Å². The van der Waals surface area contributed by atoms with E-state index in [4.69, 9.17) is 16.3 Å². The van der Waals surface area contributed by atoms with Crippen LogP contribution in [0.25, 0.3) is 0 Å². The van der Waals surface area contributed by atoms with E-state index < -0.39 is 0 Å². The molecule has 1 aromatic heterocycles. The number of hydrogen-bond acceptors (Lipinski definition) is 4. The van der Waals surface area contributed by atoms with E-state index in [0.717, 1.165) is 31.9 Å². The van der Waals surface area contributed by atoms with Crippen molar-refractivity contribution in [2.75, 3.05) is 38.2 Å². The number of hydrogen-bond donors (Lipinski definition) is 2. The summed E-state index contributed by atoms with van der Waals surface area (Å²) in [6, 6.07) is 12.3. The van der Waals surface area contributed by atoms with Crippen LogP contribution < -0.4 is 20.3 Å². The van der Waals surface area contributed by atoms with Gasteiger partial charge < -0.3 is 20.3 Å². The van der Waals surface area contributed by atoms with Gasteiger partial charge in [0, 0.05) is 26.2 Å². The third-order valence-corrected chi connectivity index (χ3v) is 5.61. The SMILES string of the molecule is CN=C(NCCOc1ccccc1Cl)NC1CCN(c2cccs2)CC1.I. The Morgan fingerprint density at radius 1 is 1.26 bits per heavy atom. The van der Waals surface area contributed by atoms with Gasteiger partial charge in [0.2, 0.25) is 0 Å². The van der Waals surface area contributed by atoms with E-state index in [1.807, 2.05) is 35.6 Å². The molecule has 0 saturated carbocycles. The molecule has 2 N–H and O–H groups in total. The fourth-order valence-corrected chi connectivity index (χ4v) is 3.95. The molecular formula is C19H26ClIN4OS. The molecule has 1 aliphatic heterocycles. The Morgan fingerprint density at radius 2 is 2.04 bits per heavy atom. The van der Waals surface area contributed by atoms with Crippen molar-refractivity contribution in [2.24, 2.45) is 4.99 Å². The van der Waals surface area contributed by atoms with E-state index in [9.17, 15) is 0 Å². The van der Waals surface area contributed by atoms with Gasteiger partial charge in [0.05, 0.1) is 16.6 Å². The summed E-state index contributed by atoms with van der Waals surface area (Å²) in [5.41, 5.74) is 0. The van der Waals surface area contributed by atoms with Gasteiger partial charge >= 0.3 is 0 Å². The second-order valence-corrected chi connectivity index (χ2v) is 7.47. The zero-order valence-electron chi connectivity index (χ0n) is 15.4. The average Bonchev–Trinajstić information content (AvgIpc) is 3.21. The minimum Gasteiger partial charge on any atom is -0.490 e. The Balaban J connectivity index is 0.00000261. The number of piperidine rings is 1. The third kappa shape index (κ3) is 6.73. The topological polar surface area (TPSA) is 48.9 Å². The first-order valence-corrected chi connectivity index (χ1v) is 10.1. The molecule has 0 unspecified atom stereocenters. The number of benzene rings is 1. The highest BCUT2D eigenvalue weighted by Crippen LogP contribution is 2.25. The summed E-state index contributed by atoms with van der Waals surface area (Å²) >= 11 is 7.89. The van der Waals surface area contributed by atoms with Crippen LogP contribution in [-0.2, 0) is 0 Å². The molecule has 3 rings (SSSR count). The maximum atomic E-state index is 6.09. The molecular weight excluding hydrogens is 495 g/mol. The van der Waals surface area contributed by atoms with E-state index >= 15 is 0 Å². The number of thiophene rings is 1. The van der Waals surface area contributed by atoms with Crippen molar-refractivity contribution in [3.05, 3.63) is 46.8 Å². The Morgan fingerprint density at radius 3 is 2.70 bits per heavy atom. The summed E-state index contributed by atoms with van der Waals surface area (Å²) in [5, 5.41) is 11.0. The van der Waals surface area contributed by atoms with Crippen LogP contribution in [0.1, 0.15) is 12.8 Å². The zero-order valence-corrected chi connectivity index (χ0v) is 19.3. The van der Waals surface area contributed by atoms with Crippen LogP contribution >= 0.6 is 46.9 Å². The number of ether oxygens (including phenoxy) is 1. The number of anilines is 1. The molecule has 0 radical (unpaired) electrons. The predicted octanol–water partition coefficient (Wildman–Crippen LogP) is 4.23. The van der Waals surface area contributed by atoms with Gasteiger partial charge in [0.25, 0.3) is 0 Å². The van der Waals surface area contributed by atoms with Crippen LogP contribution in [0.2, 0.25) is 5.02 Å². The maximum absolute atomic E-state index is 6.09. The summed E-state index contributed by atoms with van der Waals surface area (Å²) in [6.07, 6.45) is 2.21. The summed E-state index contributed by atoms with van der Waals surface area (Å²) in [6.45, 7) is 3.34. The molecule has 2 aromatic rings. The first-order valence-electron chi connectivity index (χ1n) is 8.89. The number of aliphatic imine (C=N–C) groups is 1. The zero-order chi connectivity index (χ0) is 18.2. The van der Waals surface area contributed by atoms with E-state index in [-0.39, 0.29) is 24.0 Å². The predicted molar refractivity (Wildman–Crippen MR) is 126 cm³/mol. The fraction of sp³-hybridized carbons (Fsp3) is 0.421. The minimum absolute atomic E-state index is 0. The summed E-state index contributed by atoms with van der Waals surface area (Å²) in [7, 11) is 1.80. The van der Waals surface area contributed by atoms with Crippen molar-refractivity contribution < 1.29 is 4.74 Å². The largest absolute Gasteiger partial charge is 0.490 e. The van der Waals surface area contributed by atoms with Gasteiger partial charge in [0.15, 0.2) is 5.96 Å². The number of halogens is 2. The third-order valence-electron chi connectivity index (χ3n) is 4.37. The Hall–Kier alpha value is -1.19. The molecule has 0 spiro atoms. The second-order valence-electron chi connectivity index (χ2n) is 6.13. The normalized spacial score (nSPS) is 15.2. The van der Waals surface area contributed by atoms with E-state index in [2.05, 4.69) is 38.0 Å². The molecule has 2 heterocycles. The number of guanidine groups is 1. The molecule has 148 valence electrons. The molecule has 8 heteroatoms. The lowest BCUT2D eigenvalue weighted by Crippen LogP contribution is -2.49. The molecule has 0 aliphatic carbocycles. The molecule has 1 aromatic carbocycles. The number of para-hydroxylation sites is 1. The Labute approximate surface area is 187 Å². The average molecular weight is 521 g/mol. The van der Waals surface area contributed by atoms with Crippen LogP contribution in [-0.4, -0.2) is 45.3 Å². The maximum Gasteiger partial charge on any atom is 0.191 e. The first-order chi connectivity index (χ1) is 12.8. The molecule has 27 heavy (non-hydrogen) atoms. The molecule has 5 nitrogen and oxygen atoms in total. The van der Waals surface area contributed by atoms with Gasteiger partial charge in [-0.3, -0.25) is 4.99 Å². The number of nitrogens with one attached hydrogen (secondary N) is 2. The quantitative estimate of drug-likeness (QED) is 0.259. The summed E-state index contributed by atoms with van der Waals surface area (Å²) < 4.78 is 5.69. The van der Waals surface area contributed by atoms with E-state index in [0.29, 0.717) is 30.0 Å². The Kier molecular flexibility index (Phi) is 9.50. The standard InChI is InChI=1S/C19H25ClN4OS.HI/c1-21-19(22-10-13-25-17-6-3-2-5-16(17)20)23-15-8-11-24(12-9-15)18-7-4-14-26-18;/h2-7,14-15H,8-13H2,1H3,(H2,21,22,23);1H. The highest BCUT2D eigenvalue weighted by molar-refractivity contribution is 14.0. The monoisotopic (exact) mass is 520 g/mol. The summed E-state index contributed by atoms with van der Waals surface area (Å²) in [5.74, 6) is 1.53. The highest BCUT2D eigenvalue weighted by Gasteiger charge is 2.20. The Bertz CT molecular complexity index is 705. The van der Waals surface area contributed by atoms with Crippen molar-refractivity contribution in [3.63, 3.8) is 0 Å². The van der Waals surface area contributed by atoms with Crippen LogP contribution in [0.3, 0.4) is 0 Å². The van der Waals surface area contributed by atoms with Gasteiger partial charge in [-0.05, 0) is 42.5 Å². The van der Waals surface area contributed by atoms with Crippen LogP contribution in [0, 0.1) is 0 Å². The number of nitrogens with zero attached hydrogens (tertiary/aromatic N) is 2. The molecule has 1 fully saturated rings. The summed E-state index contributed by atoms with van der Waals surface area (Å²) in [4.78, 5) is 6.77. The van der Waals surface area contributed by atoms with Crippen LogP contribution in [0.15, 0.2) is 46.8 Å². The molecule has 1 saturated heterocycles. The first kappa shape index (κ1) is 22.1. The van der Waals surface area contributed by atoms with E-state index in [1.165, 1.54) is 5.00 Å². The highest BCUT2D eigenvalue weighted by atomic mass is 127. The van der Waals surface area contributed by atoms with E-state index in [1.54, 1.807) is 7.05 Å². The smallest absolute Gasteiger partial charge is 0.191 e. The molecule has 0 amide bonds. The van der Waals surface area contributed by atoms with Crippen molar-refractivity contribution in [2.45, 2.75) is 18.9 Å². The van der Waals surface area contributed by atoms with Gasteiger partial charge in [-0.25, -0.2) is 0 Å². The minimum atomic E-state index is 0. The molecule has 1 aliphatic rings. The van der Waals surface area contributed by atoms with Gasteiger partial charge in [-0.15, -0.1) is 35.3 Å². The van der Waals surface area contributed by atoms with Crippen molar-refractivity contribution in [1.29, 1.82) is 0 Å². The van der Waals surface area contributed by atoms with Gasteiger partial charge in [0.1, 0.15) is 12.4 Å². The van der Waals surface area contributed by atoms with Crippen molar-refractivity contribution in [3.8, 4) is 5.75 Å². The lowest BCUT2D eigenvalue weighted by atomic mass is 10.1. The lowest BCUT2D eigenvalue weighted by molar-refractivity contribution is 0.321. The van der Waals surface area contributed by atoms with Gasteiger partial charge in [-0.2, -0.15) is 0 Å². The fourth-order valence-electron chi connectivity index (χ4n) is 2.97. The van der Waals surface area contributed by atoms with Crippen molar-refractivity contribution >= 4 is 57.9 Å². The van der Waals surface area contributed by atoms with Crippen LogP contribution in [0.4, 0.5) is 5.00 Å².